The number of ether oxygens (including phenoxy) is 1. The highest BCUT2D eigenvalue weighted by Crippen LogP contribution is 2.18. The van der Waals surface area contributed by atoms with Crippen molar-refractivity contribution >= 4 is 29.4 Å². The first-order valence-corrected chi connectivity index (χ1v) is 10.0. The van der Waals surface area contributed by atoms with Crippen molar-refractivity contribution in [2.24, 2.45) is 7.05 Å². The van der Waals surface area contributed by atoms with Crippen molar-refractivity contribution in [3.8, 4) is 6.01 Å². The summed E-state index contributed by atoms with van der Waals surface area (Å²) in [4.78, 5) is 43.3. The van der Waals surface area contributed by atoms with E-state index in [2.05, 4.69) is 10.3 Å². The average Bonchev–Trinajstić information content (AvgIpc) is 3.13. The zero-order valence-corrected chi connectivity index (χ0v) is 19.4. The first-order chi connectivity index (χ1) is 14.8. The van der Waals surface area contributed by atoms with Crippen LogP contribution < -0.4 is 21.3 Å². The number of ketones is 1. The van der Waals surface area contributed by atoms with Crippen LogP contribution in [0.1, 0.15) is 24.2 Å². The molecule has 172 valence electrons. The quantitative estimate of drug-likeness (QED) is 0.296. The zero-order valence-electron chi connectivity index (χ0n) is 18.6. The first kappa shape index (κ1) is 25.1. The molecule has 0 aliphatic rings. The Hall–Kier alpha value is -3.17. The van der Waals surface area contributed by atoms with E-state index in [0.29, 0.717) is 25.3 Å². The molecule has 0 atom stereocenters. The molecule has 0 aliphatic carbocycles. The van der Waals surface area contributed by atoms with E-state index in [-0.39, 0.29) is 41.9 Å². The molecular formula is C22H28ClN5O4. The fraction of sp³-hybridized carbons (Fsp3) is 0.364. The molecule has 2 heterocycles. The maximum Gasteiger partial charge on any atom is 0.332 e. The third-order valence-electron chi connectivity index (χ3n) is 4.86. The van der Waals surface area contributed by atoms with Crippen LogP contribution >= 0.6 is 12.4 Å². The Morgan fingerprint density at radius 2 is 1.84 bits per heavy atom. The lowest BCUT2D eigenvalue weighted by Gasteiger charge is -2.10. The van der Waals surface area contributed by atoms with Gasteiger partial charge >= 0.3 is 5.69 Å². The Morgan fingerprint density at radius 1 is 1.16 bits per heavy atom. The number of benzene rings is 1. The Kier molecular flexibility index (Phi) is 8.56. The van der Waals surface area contributed by atoms with Crippen LogP contribution in [0.5, 0.6) is 6.01 Å². The molecule has 0 saturated heterocycles. The Labute approximate surface area is 191 Å². The molecule has 3 rings (SSSR count). The summed E-state index contributed by atoms with van der Waals surface area (Å²) >= 11 is 0. The number of hydrogen-bond acceptors (Lipinski definition) is 6. The minimum atomic E-state index is -0.601. The number of nitrogens with zero attached hydrogens (tertiary/aromatic N) is 4. The summed E-state index contributed by atoms with van der Waals surface area (Å²) in [6, 6.07) is 8.83. The van der Waals surface area contributed by atoms with Gasteiger partial charge < -0.3 is 10.1 Å². The lowest BCUT2D eigenvalue weighted by molar-refractivity contribution is 0.0969. The van der Waals surface area contributed by atoms with Crippen molar-refractivity contribution < 1.29 is 9.53 Å². The van der Waals surface area contributed by atoms with Crippen LogP contribution in [0.25, 0.3) is 11.2 Å². The highest BCUT2D eigenvalue weighted by Gasteiger charge is 2.22. The molecule has 0 saturated carbocycles. The topological polar surface area (TPSA) is 100 Å². The average molecular weight is 462 g/mol. The number of carbonyl (C=O) groups is 1. The molecule has 10 heteroatoms. The van der Waals surface area contributed by atoms with Gasteiger partial charge in [-0.1, -0.05) is 42.0 Å². The molecule has 1 aromatic carbocycles. The smallest absolute Gasteiger partial charge is 0.332 e. The van der Waals surface area contributed by atoms with Gasteiger partial charge in [-0.05, 0) is 20.9 Å². The van der Waals surface area contributed by atoms with E-state index in [4.69, 9.17) is 4.74 Å². The number of aryl methyl sites for hydroxylation is 1. The molecule has 32 heavy (non-hydrogen) atoms. The summed E-state index contributed by atoms with van der Waals surface area (Å²) in [5, 5.41) is 2.99. The standard InChI is InChI=1S/C22H27N5O4.ClH/c1-15(2)10-12-26-18-19(24-21(26)31-13-11-23-3)25(4)22(30)27(20(18)29)14-17(28)16-8-6-5-7-9-16;/h5-10,23H,11-14H2,1-4H3;1H. The minimum Gasteiger partial charge on any atom is -0.463 e. The number of rotatable bonds is 9. The largest absolute Gasteiger partial charge is 0.463 e. The van der Waals surface area contributed by atoms with Gasteiger partial charge in [-0.15, -0.1) is 12.4 Å². The van der Waals surface area contributed by atoms with Crippen LogP contribution in [0.4, 0.5) is 0 Å². The van der Waals surface area contributed by atoms with E-state index in [0.717, 1.165) is 10.1 Å². The molecule has 0 amide bonds. The van der Waals surface area contributed by atoms with Crippen molar-refractivity contribution in [3.63, 3.8) is 0 Å². The van der Waals surface area contributed by atoms with E-state index < -0.39 is 11.2 Å². The number of allylic oxidation sites excluding steroid dienone is 2. The number of Topliss-reactive ketones (excluding diaryl/α,β-unsaturated/α-hetero) is 1. The van der Waals surface area contributed by atoms with Gasteiger partial charge in [-0.25, -0.2) is 4.79 Å². The summed E-state index contributed by atoms with van der Waals surface area (Å²) in [5.41, 5.74) is 0.772. The fourth-order valence-corrected chi connectivity index (χ4v) is 3.15. The van der Waals surface area contributed by atoms with Crippen molar-refractivity contribution in [3.05, 3.63) is 68.4 Å². The number of aromatic nitrogens is 4. The fourth-order valence-electron chi connectivity index (χ4n) is 3.15. The van der Waals surface area contributed by atoms with E-state index in [1.54, 1.807) is 34.9 Å². The number of carbonyl (C=O) groups excluding carboxylic acids is 1. The molecule has 0 spiro atoms. The van der Waals surface area contributed by atoms with Crippen LogP contribution in [0.2, 0.25) is 0 Å². The number of imidazole rings is 1. The van der Waals surface area contributed by atoms with Crippen LogP contribution in [0.3, 0.4) is 0 Å². The SMILES string of the molecule is CNCCOc1nc2c(c(=O)n(CC(=O)c3ccccc3)c(=O)n2C)n1CC=C(C)C.Cl. The monoisotopic (exact) mass is 461 g/mol. The highest BCUT2D eigenvalue weighted by molar-refractivity contribution is 5.95. The second-order valence-electron chi connectivity index (χ2n) is 7.43. The first-order valence-electron chi connectivity index (χ1n) is 10.0. The molecule has 2 aromatic heterocycles. The Balaban J connectivity index is 0.00000363. The molecular weight excluding hydrogens is 434 g/mol. The summed E-state index contributed by atoms with van der Waals surface area (Å²) in [5.74, 6) is -0.319. The lowest BCUT2D eigenvalue weighted by atomic mass is 10.1. The van der Waals surface area contributed by atoms with Gasteiger partial charge in [0.05, 0.1) is 6.54 Å². The van der Waals surface area contributed by atoms with Crippen LogP contribution in [-0.4, -0.2) is 44.7 Å². The third-order valence-corrected chi connectivity index (χ3v) is 4.86. The van der Waals surface area contributed by atoms with Crippen LogP contribution in [0.15, 0.2) is 51.6 Å². The molecule has 9 nitrogen and oxygen atoms in total. The molecule has 0 radical (unpaired) electrons. The van der Waals surface area contributed by atoms with E-state index in [1.807, 2.05) is 27.0 Å². The number of likely N-dealkylation sites (N-methyl/N-ethyl adjacent to an activating group) is 1. The number of nitrogens with one attached hydrogen (secondary N) is 1. The van der Waals surface area contributed by atoms with Crippen LogP contribution in [-0.2, 0) is 20.1 Å². The molecule has 0 aliphatic heterocycles. The third kappa shape index (κ3) is 5.17. The second kappa shape index (κ2) is 10.9. The van der Waals surface area contributed by atoms with Crippen molar-refractivity contribution in [2.45, 2.75) is 26.9 Å². The van der Waals surface area contributed by atoms with E-state index in [1.165, 1.54) is 11.6 Å². The van der Waals surface area contributed by atoms with Gasteiger partial charge in [0, 0.05) is 25.7 Å². The van der Waals surface area contributed by atoms with E-state index >= 15 is 0 Å². The molecule has 1 N–H and O–H groups in total. The number of fused-ring (bicyclic) bond motifs is 1. The predicted molar refractivity (Wildman–Crippen MR) is 126 cm³/mol. The normalized spacial score (nSPS) is 10.6. The van der Waals surface area contributed by atoms with Crippen LogP contribution in [0, 0.1) is 0 Å². The van der Waals surface area contributed by atoms with Crippen molar-refractivity contribution in [2.75, 3.05) is 20.2 Å². The van der Waals surface area contributed by atoms with Gasteiger partial charge in [0.15, 0.2) is 16.9 Å². The predicted octanol–water partition coefficient (Wildman–Crippen LogP) is 1.77. The summed E-state index contributed by atoms with van der Waals surface area (Å²) in [6.07, 6.45) is 1.94. The number of halogens is 1. The maximum absolute atomic E-state index is 13.3. The molecule has 0 unspecified atom stereocenters. The van der Waals surface area contributed by atoms with Gasteiger partial charge in [-0.2, -0.15) is 4.98 Å². The molecule has 0 fully saturated rings. The summed E-state index contributed by atoms with van der Waals surface area (Å²) < 4.78 is 9.64. The lowest BCUT2D eigenvalue weighted by Crippen LogP contribution is -2.41. The second-order valence-corrected chi connectivity index (χ2v) is 7.43. The van der Waals surface area contributed by atoms with Gasteiger partial charge in [0.25, 0.3) is 11.6 Å². The van der Waals surface area contributed by atoms with Gasteiger partial charge in [0.2, 0.25) is 0 Å². The van der Waals surface area contributed by atoms with E-state index in [9.17, 15) is 14.4 Å². The Morgan fingerprint density at radius 3 is 2.47 bits per heavy atom. The molecule has 3 aromatic rings. The minimum absolute atomic E-state index is 0. The highest BCUT2D eigenvalue weighted by atomic mass is 35.5. The Bertz CT molecular complexity index is 1240. The summed E-state index contributed by atoms with van der Waals surface area (Å²) in [7, 11) is 3.34. The van der Waals surface area contributed by atoms with Crippen molar-refractivity contribution in [1.82, 2.24) is 24.0 Å². The van der Waals surface area contributed by atoms with Gasteiger partial charge in [-0.3, -0.25) is 23.3 Å². The maximum atomic E-state index is 13.3. The zero-order chi connectivity index (χ0) is 22.5. The summed E-state index contributed by atoms with van der Waals surface area (Å²) in [6.45, 7) is 4.85. The van der Waals surface area contributed by atoms with Gasteiger partial charge in [0.1, 0.15) is 6.61 Å². The van der Waals surface area contributed by atoms with Crippen molar-refractivity contribution in [1.29, 1.82) is 0 Å². The number of hydrogen-bond donors (Lipinski definition) is 1. The molecule has 0 bridgehead atoms.